The van der Waals surface area contributed by atoms with Gasteiger partial charge in [-0.15, -0.1) is 0 Å². The fraction of sp³-hybridized carbons (Fsp3) is 0.0417. The summed E-state index contributed by atoms with van der Waals surface area (Å²) in [4.78, 5) is 12.1. The normalized spacial score (nSPS) is 10.9. The van der Waals surface area contributed by atoms with Crippen molar-refractivity contribution >= 4 is 28.1 Å². The Morgan fingerprint density at radius 3 is 2.42 bits per heavy atom. The van der Waals surface area contributed by atoms with Crippen molar-refractivity contribution in [1.29, 1.82) is 0 Å². The van der Waals surface area contributed by atoms with E-state index in [4.69, 9.17) is 9.84 Å². The van der Waals surface area contributed by atoms with Crippen molar-refractivity contribution in [3.8, 4) is 22.7 Å². The maximum atomic E-state index is 12.1. The van der Waals surface area contributed by atoms with Crippen LogP contribution in [0.2, 0.25) is 0 Å². The van der Waals surface area contributed by atoms with Crippen LogP contribution < -0.4 is 10.2 Å². The Kier molecular flexibility index (Phi) is 6.54. The topological polar surface area (TPSA) is 68.5 Å². The lowest BCUT2D eigenvalue weighted by Crippen LogP contribution is -2.24. The Morgan fingerprint density at radius 2 is 1.68 bits per heavy atom. The van der Waals surface area contributed by atoms with Gasteiger partial charge in [0.15, 0.2) is 6.61 Å². The predicted octanol–water partition coefficient (Wildman–Crippen LogP) is 4.83. The number of para-hydroxylation sites is 2. The highest BCUT2D eigenvalue weighted by molar-refractivity contribution is 9.10. The van der Waals surface area contributed by atoms with Gasteiger partial charge in [0, 0.05) is 17.3 Å². The average Bonchev–Trinajstić information content (AvgIpc) is 3.24. The highest BCUT2D eigenvalue weighted by Crippen LogP contribution is 2.24. The first-order chi connectivity index (χ1) is 15.2. The van der Waals surface area contributed by atoms with Crippen LogP contribution in [0.15, 0.2) is 101 Å². The molecule has 0 spiro atoms. The molecule has 6 nitrogen and oxygen atoms in total. The highest BCUT2D eigenvalue weighted by Gasteiger charge is 2.11. The van der Waals surface area contributed by atoms with E-state index in [1.54, 1.807) is 17.0 Å². The molecule has 0 bridgehead atoms. The van der Waals surface area contributed by atoms with Gasteiger partial charge < -0.3 is 4.74 Å². The molecule has 1 amide bonds. The smallest absolute Gasteiger partial charge is 0.277 e. The lowest BCUT2D eigenvalue weighted by atomic mass is 10.1. The molecule has 154 valence electrons. The van der Waals surface area contributed by atoms with Gasteiger partial charge in [-0.3, -0.25) is 4.79 Å². The molecule has 7 heteroatoms. The Hall–Kier alpha value is -3.71. The van der Waals surface area contributed by atoms with Crippen LogP contribution in [0, 0.1) is 0 Å². The Labute approximate surface area is 188 Å². The van der Waals surface area contributed by atoms with Crippen molar-refractivity contribution in [1.82, 2.24) is 15.2 Å². The van der Waals surface area contributed by atoms with Crippen molar-refractivity contribution in [2.75, 3.05) is 6.61 Å². The molecule has 0 unspecified atom stereocenters. The molecule has 1 heterocycles. The van der Waals surface area contributed by atoms with E-state index in [0.29, 0.717) is 5.75 Å². The maximum absolute atomic E-state index is 12.1. The second-order valence-corrected chi connectivity index (χ2v) is 7.45. The van der Waals surface area contributed by atoms with Crippen LogP contribution in [-0.2, 0) is 4.79 Å². The molecule has 0 saturated carbocycles. The van der Waals surface area contributed by atoms with Gasteiger partial charge >= 0.3 is 0 Å². The quantitative estimate of drug-likeness (QED) is 0.308. The summed E-state index contributed by atoms with van der Waals surface area (Å²) in [6.07, 6.45) is 3.47. The third-order valence-electron chi connectivity index (χ3n) is 4.40. The molecular weight excluding hydrogens is 456 g/mol. The van der Waals surface area contributed by atoms with E-state index in [-0.39, 0.29) is 12.5 Å². The SMILES string of the molecule is O=C(COc1ccccc1Br)N/N=C/c1cn(-c2ccccc2)nc1-c1ccccc1. The van der Waals surface area contributed by atoms with E-state index in [1.807, 2.05) is 85.1 Å². The number of nitrogens with one attached hydrogen (secondary N) is 1. The number of aromatic nitrogens is 2. The molecule has 0 atom stereocenters. The van der Waals surface area contributed by atoms with Crippen LogP contribution in [0.4, 0.5) is 0 Å². The number of hydrazone groups is 1. The maximum Gasteiger partial charge on any atom is 0.277 e. The molecule has 4 rings (SSSR count). The largest absolute Gasteiger partial charge is 0.483 e. The Balaban J connectivity index is 1.49. The zero-order chi connectivity index (χ0) is 21.5. The molecule has 3 aromatic carbocycles. The first kappa shape index (κ1) is 20.6. The van der Waals surface area contributed by atoms with Gasteiger partial charge in [-0.05, 0) is 40.2 Å². The highest BCUT2D eigenvalue weighted by atomic mass is 79.9. The Morgan fingerprint density at radius 1 is 1.00 bits per heavy atom. The van der Waals surface area contributed by atoms with Gasteiger partial charge in [0.05, 0.1) is 16.4 Å². The van der Waals surface area contributed by atoms with Crippen molar-refractivity contribution < 1.29 is 9.53 Å². The number of nitrogens with zero attached hydrogens (tertiary/aromatic N) is 3. The van der Waals surface area contributed by atoms with E-state index in [0.717, 1.165) is 27.0 Å². The fourth-order valence-corrected chi connectivity index (χ4v) is 3.33. The molecule has 1 N–H and O–H groups in total. The van der Waals surface area contributed by atoms with Crippen LogP contribution >= 0.6 is 15.9 Å². The summed E-state index contributed by atoms with van der Waals surface area (Å²) >= 11 is 3.39. The van der Waals surface area contributed by atoms with E-state index >= 15 is 0 Å². The van der Waals surface area contributed by atoms with E-state index in [9.17, 15) is 4.79 Å². The van der Waals surface area contributed by atoms with Gasteiger partial charge in [0.2, 0.25) is 0 Å². The van der Waals surface area contributed by atoms with Crippen molar-refractivity contribution in [3.63, 3.8) is 0 Å². The second-order valence-electron chi connectivity index (χ2n) is 6.59. The summed E-state index contributed by atoms with van der Waals surface area (Å²) in [5.41, 5.74) is 5.95. The first-order valence-electron chi connectivity index (χ1n) is 9.60. The van der Waals surface area contributed by atoms with Crippen LogP contribution in [-0.4, -0.2) is 28.5 Å². The molecule has 0 aliphatic heterocycles. The zero-order valence-electron chi connectivity index (χ0n) is 16.5. The minimum Gasteiger partial charge on any atom is -0.483 e. The fourth-order valence-electron chi connectivity index (χ4n) is 2.93. The van der Waals surface area contributed by atoms with Gasteiger partial charge in [-0.2, -0.15) is 10.2 Å². The van der Waals surface area contributed by atoms with Gasteiger partial charge in [-0.25, -0.2) is 10.1 Å². The monoisotopic (exact) mass is 474 g/mol. The summed E-state index contributed by atoms with van der Waals surface area (Å²) in [5, 5.41) is 8.82. The van der Waals surface area contributed by atoms with Crippen LogP contribution in [0.3, 0.4) is 0 Å². The molecule has 31 heavy (non-hydrogen) atoms. The van der Waals surface area contributed by atoms with Crippen LogP contribution in [0.25, 0.3) is 16.9 Å². The van der Waals surface area contributed by atoms with Crippen molar-refractivity contribution in [3.05, 3.63) is 101 Å². The molecule has 0 aliphatic carbocycles. The first-order valence-corrected chi connectivity index (χ1v) is 10.4. The second kappa shape index (κ2) is 9.86. The lowest BCUT2D eigenvalue weighted by molar-refractivity contribution is -0.123. The van der Waals surface area contributed by atoms with Crippen molar-refractivity contribution in [2.45, 2.75) is 0 Å². The number of benzene rings is 3. The average molecular weight is 475 g/mol. The number of halogens is 1. The van der Waals surface area contributed by atoms with Gasteiger partial charge in [0.1, 0.15) is 11.4 Å². The Bertz CT molecular complexity index is 1190. The molecule has 0 aliphatic rings. The molecule has 4 aromatic rings. The number of ether oxygens (including phenoxy) is 1. The van der Waals surface area contributed by atoms with Crippen LogP contribution in [0.5, 0.6) is 5.75 Å². The number of hydrogen-bond donors (Lipinski definition) is 1. The predicted molar refractivity (Wildman–Crippen MR) is 124 cm³/mol. The minimum atomic E-state index is -0.358. The summed E-state index contributed by atoms with van der Waals surface area (Å²) in [5.74, 6) is 0.237. The van der Waals surface area contributed by atoms with Gasteiger partial charge in [-0.1, -0.05) is 60.7 Å². The zero-order valence-corrected chi connectivity index (χ0v) is 18.1. The van der Waals surface area contributed by atoms with Gasteiger partial charge in [0.25, 0.3) is 5.91 Å². The standard InChI is InChI=1S/C24H19BrN4O2/c25-21-13-7-8-14-22(21)31-17-23(30)27-26-15-19-16-29(20-11-5-2-6-12-20)28-24(19)18-9-3-1-4-10-18/h1-16H,17H2,(H,27,30)/b26-15+. The number of hydrogen-bond acceptors (Lipinski definition) is 4. The third kappa shape index (κ3) is 5.26. The number of carbonyl (C=O) groups is 1. The van der Waals surface area contributed by atoms with Crippen LogP contribution in [0.1, 0.15) is 5.56 Å². The molecule has 0 saturated heterocycles. The summed E-state index contributed by atoms with van der Waals surface area (Å²) in [6, 6.07) is 27.0. The lowest BCUT2D eigenvalue weighted by Gasteiger charge is -2.06. The van der Waals surface area contributed by atoms with E-state index in [1.165, 1.54) is 0 Å². The molecule has 0 radical (unpaired) electrons. The third-order valence-corrected chi connectivity index (χ3v) is 5.05. The summed E-state index contributed by atoms with van der Waals surface area (Å²) < 4.78 is 8.08. The number of amides is 1. The summed E-state index contributed by atoms with van der Waals surface area (Å²) in [7, 11) is 0. The number of rotatable bonds is 7. The van der Waals surface area contributed by atoms with Crippen molar-refractivity contribution in [2.24, 2.45) is 5.10 Å². The molecule has 1 aromatic heterocycles. The van der Waals surface area contributed by atoms with E-state index in [2.05, 4.69) is 26.5 Å². The molecular formula is C24H19BrN4O2. The minimum absolute atomic E-state index is 0.144. The summed E-state index contributed by atoms with van der Waals surface area (Å²) in [6.45, 7) is -0.144. The van der Waals surface area contributed by atoms with E-state index < -0.39 is 0 Å². The molecule has 0 fully saturated rings. The number of carbonyl (C=O) groups excluding carboxylic acids is 1.